The van der Waals surface area contributed by atoms with Gasteiger partial charge in [0.1, 0.15) is 11.3 Å². The average Bonchev–Trinajstić information content (AvgIpc) is 3.20. The highest BCUT2D eigenvalue weighted by atomic mass is 16.1. The van der Waals surface area contributed by atoms with E-state index in [9.17, 15) is 4.79 Å². The second-order valence-corrected chi connectivity index (χ2v) is 5.53. The Bertz CT molecular complexity index is 794. The molecule has 0 aromatic carbocycles. The van der Waals surface area contributed by atoms with E-state index in [0.29, 0.717) is 37.3 Å². The Kier molecular flexibility index (Phi) is 4.08. The Morgan fingerprint density at radius 1 is 1.35 bits per heavy atom. The molecule has 1 aliphatic heterocycles. The Balaban J connectivity index is 1.57. The Hall–Kier alpha value is -2.72. The summed E-state index contributed by atoms with van der Waals surface area (Å²) in [5, 5.41) is 10.9. The second-order valence-electron chi connectivity index (χ2n) is 5.53. The fraction of sp³-hybridized carbons (Fsp3) is 0.375. The maximum Gasteiger partial charge on any atom is 0.271 e. The van der Waals surface area contributed by atoms with Crippen LogP contribution in [0.4, 0.5) is 0 Å². The van der Waals surface area contributed by atoms with E-state index >= 15 is 0 Å². The van der Waals surface area contributed by atoms with E-state index in [1.54, 1.807) is 10.6 Å². The molecule has 0 bridgehead atoms. The van der Waals surface area contributed by atoms with Crippen molar-refractivity contribution in [2.24, 2.45) is 16.0 Å². The molecule has 0 radical (unpaired) electrons. The minimum atomic E-state index is -0.380. The number of terminal acetylenes is 1. The quantitative estimate of drug-likeness (QED) is 0.758. The van der Waals surface area contributed by atoms with Gasteiger partial charge < -0.3 is 15.5 Å². The van der Waals surface area contributed by atoms with Crippen molar-refractivity contribution in [3.63, 3.8) is 0 Å². The number of nitrogens with one attached hydrogen (secondary N) is 1. The largest absolute Gasteiger partial charge is 0.350 e. The molecule has 1 aliphatic rings. The number of nitrogens with zero attached hydrogens (tertiary/aromatic N) is 4. The lowest BCUT2D eigenvalue weighted by atomic mass is 10.0. The van der Waals surface area contributed by atoms with E-state index in [2.05, 4.69) is 26.4 Å². The highest BCUT2D eigenvalue weighted by Gasteiger charge is 2.38. The van der Waals surface area contributed by atoms with Crippen LogP contribution < -0.4 is 11.1 Å². The van der Waals surface area contributed by atoms with Gasteiger partial charge in [-0.15, -0.1) is 12.3 Å². The van der Waals surface area contributed by atoms with Crippen LogP contribution in [0.5, 0.6) is 0 Å². The molecule has 118 valence electrons. The van der Waals surface area contributed by atoms with Crippen molar-refractivity contribution < 1.29 is 4.79 Å². The molecule has 0 atom stereocenters. The molecule has 2 aromatic rings. The van der Waals surface area contributed by atoms with E-state index in [1.807, 2.05) is 18.3 Å². The summed E-state index contributed by atoms with van der Waals surface area (Å²) in [7, 11) is 0. The summed E-state index contributed by atoms with van der Waals surface area (Å²) in [6, 6.07) is 3.74. The first-order valence-corrected chi connectivity index (χ1v) is 7.49. The van der Waals surface area contributed by atoms with Gasteiger partial charge in [-0.05, 0) is 11.6 Å². The summed E-state index contributed by atoms with van der Waals surface area (Å²) in [5.74, 6) is 2.37. The number of hydrogen-bond acceptors (Lipinski definition) is 5. The molecule has 0 fully saturated rings. The first kappa shape index (κ1) is 15.2. The standard InChI is InChI=1S/C16H18N6O/c1-2-3-6-16(20-21-16)7-8-18-15(23)13-11-22-10-12(9-17)4-5-14(22)19-13/h1,4-5,10-11H,3,6-9,17H2,(H,18,23). The molecule has 0 unspecified atom stereocenters. The Morgan fingerprint density at radius 2 is 2.17 bits per heavy atom. The molecule has 2 aromatic heterocycles. The highest BCUT2D eigenvalue weighted by molar-refractivity contribution is 5.92. The fourth-order valence-corrected chi connectivity index (χ4v) is 2.40. The normalized spacial score (nSPS) is 14.6. The third-order valence-electron chi connectivity index (χ3n) is 3.84. The van der Waals surface area contributed by atoms with Gasteiger partial charge in [-0.3, -0.25) is 4.79 Å². The van der Waals surface area contributed by atoms with Crippen LogP contribution in [0.3, 0.4) is 0 Å². The number of nitrogens with two attached hydrogens (primary N) is 1. The third-order valence-corrected chi connectivity index (χ3v) is 3.84. The van der Waals surface area contributed by atoms with E-state index in [-0.39, 0.29) is 11.6 Å². The topological polar surface area (TPSA) is 97.1 Å². The number of pyridine rings is 1. The van der Waals surface area contributed by atoms with Crippen LogP contribution in [0.1, 0.15) is 35.3 Å². The maximum atomic E-state index is 12.2. The monoisotopic (exact) mass is 310 g/mol. The first-order valence-electron chi connectivity index (χ1n) is 7.49. The molecule has 0 spiro atoms. The smallest absolute Gasteiger partial charge is 0.271 e. The van der Waals surface area contributed by atoms with Crippen LogP contribution in [0, 0.1) is 12.3 Å². The van der Waals surface area contributed by atoms with Gasteiger partial charge in [0.2, 0.25) is 0 Å². The Labute approximate surface area is 134 Å². The molecule has 0 saturated heterocycles. The fourth-order valence-electron chi connectivity index (χ4n) is 2.40. The van der Waals surface area contributed by atoms with Crippen molar-refractivity contribution in [3.8, 4) is 12.3 Å². The van der Waals surface area contributed by atoms with Gasteiger partial charge >= 0.3 is 0 Å². The van der Waals surface area contributed by atoms with Crippen LogP contribution >= 0.6 is 0 Å². The Morgan fingerprint density at radius 3 is 2.87 bits per heavy atom. The zero-order valence-electron chi connectivity index (χ0n) is 12.7. The predicted octanol–water partition coefficient (Wildman–Crippen LogP) is 1.49. The van der Waals surface area contributed by atoms with Crippen LogP contribution in [0.15, 0.2) is 34.8 Å². The van der Waals surface area contributed by atoms with Crippen molar-refractivity contribution in [2.45, 2.75) is 31.5 Å². The van der Waals surface area contributed by atoms with Gasteiger partial charge in [-0.1, -0.05) is 6.07 Å². The van der Waals surface area contributed by atoms with Crippen LogP contribution in [0.2, 0.25) is 0 Å². The third kappa shape index (κ3) is 3.38. The van der Waals surface area contributed by atoms with Crippen LogP contribution in [0.25, 0.3) is 5.65 Å². The predicted molar refractivity (Wildman–Crippen MR) is 85.7 cm³/mol. The number of fused-ring (bicyclic) bond motifs is 1. The molecule has 7 heteroatoms. The molecular weight excluding hydrogens is 292 g/mol. The van der Waals surface area contributed by atoms with Crippen molar-refractivity contribution in [3.05, 3.63) is 35.8 Å². The lowest BCUT2D eigenvalue weighted by Gasteiger charge is -2.08. The number of hydrogen-bond donors (Lipinski definition) is 2. The molecular formula is C16H18N6O. The molecule has 23 heavy (non-hydrogen) atoms. The van der Waals surface area contributed by atoms with E-state index < -0.39 is 0 Å². The number of carbonyl (C=O) groups excluding carboxylic acids is 1. The number of amides is 1. The molecule has 0 aliphatic carbocycles. The SMILES string of the molecule is C#CCCC1(CCNC(=O)c2cn3cc(CN)ccc3n2)N=N1. The van der Waals surface area contributed by atoms with Gasteiger partial charge in [0.25, 0.3) is 5.91 Å². The summed E-state index contributed by atoms with van der Waals surface area (Å²) >= 11 is 0. The molecule has 3 heterocycles. The van der Waals surface area contributed by atoms with Crippen molar-refractivity contribution in [1.82, 2.24) is 14.7 Å². The lowest BCUT2D eigenvalue weighted by molar-refractivity contribution is 0.0947. The number of rotatable bonds is 7. The number of aromatic nitrogens is 2. The lowest BCUT2D eigenvalue weighted by Crippen LogP contribution is -2.28. The average molecular weight is 310 g/mol. The van der Waals surface area contributed by atoms with Crippen molar-refractivity contribution in [2.75, 3.05) is 6.54 Å². The van der Waals surface area contributed by atoms with Gasteiger partial charge in [0.05, 0.1) is 0 Å². The van der Waals surface area contributed by atoms with Crippen molar-refractivity contribution >= 4 is 11.6 Å². The minimum absolute atomic E-state index is 0.212. The minimum Gasteiger partial charge on any atom is -0.350 e. The summed E-state index contributed by atoms with van der Waals surface area (Å²) in [5.41, 5.74) is 7.30. The van der Waals surface area contributed by atoms with Crippen LogP contribution in [-0.2, 0) is 6.54 Å². The molecule has 3 rings (SSSR count). The van der Waals surface area contributed by atoms with E-state index in [0.717, 1.165) is 12.0 Å². The zero-order valence-corrected chi connectivity index (χ0v) is 12.7. The molecule has 1 amide bonds. The number of imidazole rings is 1. The summed E-state index contributed by atoms with van der Waals surface area (Å²) < 4.78 is 1.80. The summed E-state index contributed by atoms with van der Waals surface area (Å²) in [6.45, 7) is 0.931. The highest BCUT2D eigenvalue weighted by Crippen LogP contribution is 2.36. The van der Waals surface area contributed by atoms with Gasteiger partial charge in [0, 0.05) is 44.7 Å². The van der Waals surface area contributed by atoms with Gasteiger partial charge in [-0.2, -0.15) is 10.2 Å². The van der Waals surface area contributed by atoms with Gasteiger partial charge in [-0.25, -0.2) is 4.98 Å². The molecule has 7 nitrogen and oxygen atoms in total. The zero-order chi connectivity index (χ0) is 16.3. The summed E-state index contributed by atoms with van der Waals surface area (Å²) in [4.78, 5) is 16.5. The number of carbonyl (C=O) groups is 1. The molecule has 3 N–H and O–H groups in total. The van der Waals surface area contributed by atoms with Crippen molar-refractivity contribution in [1.29, 1.82) is 0 Å². The van der Waals surface area contributed by atoms with E-state index in [4.69, 9.17) is 12.2 Å². The molecule has 0 saturated carbocycles. The summed E-state index contributed by atoms with van der Waals surface area (Å²) in [6.07, 6.45) is 10.8. The second kappa shape index (κ2) is 6.18. The van der Waals surface area contributed by atoms with Gasteiger partial charge in [0.15, 0.2) is 5.66 Å². The van der Waals surface area contributed by atoms with Crippen LogP contribution in [-0.4, -0.2) is 27.5 Å². The van der Waals surface area contributed by atoms with E-state index in [1.165, 1.54) is 0 Å². The maximum absolute atomic E-state index is 12.2. The first-order chi connectivity index (χ1) is 11.2.